The Bertz CT molecular complexity index is 681. The van der Waals surface area contributed by atoms with E-state index in [-0.39, 0.29) is 23.2 Å². The number of nitro groups is 1. The zero-order valence-electron chi connectivity index (χ0n) is 15.4. The molecular formula is C18H25N3O5. The third-order valence-corrected chi connectivity index (χ3v) is 4.60. The summed E-state index contributed by atoms with van der Waals surface area (Å²) in [6.07, 6.45) is 4.01. The summed E-state index contributed by atoms with van der Waals surface area (Å²) in [5.41, 5.74) is 0.239. The molecule has 26 heavy (non-hydrogen) atoms. The highest BCUT2D eigenvalue weighted by Gasteiger charge is 2.22. The van der Waals surface area contributed by atoms with Crippen LogP contribution in [0, 0.1) is 16.0 Å². The molecule has 0 aromatic heterocycles. The van der Waals surface area contributed by atoms with E-state index in [1.807, 2.05) is 0 Å². The maximum absolute atomic E-state index is 12.1. The van der Waals surface area contributed by atoms with Gasteiger partial charge in [-0.3, -0.25) is 14.9 Å². The van der Waals surface area contributed by atoms with Gasteiger partial charge in [-0.15, -0.1) is 0 Å². The third-order valence-electron chi connectivity index (χ3n) is 4.60. The van der Waals surface area contributed by atoms with Gasteiger partial charge in [-0.25, -0.2) is 4.79 Å². The Balaban J connectivity index is 1.92. The number of hydrogen-bond donors (Lipinski definition) is 1. The van der Waals surface area contributed by atoms with E-state index in [0.717, 1.165) is 31.7 Å². The molecule has 0 aliphatic heterocycles. The van der Waals surface area contributed by atoms with Crippen LogP contribution in [0.25, 0.3) is 0 Å². The van der Waals surface area contributed by atoms with Crippen LogP contribution in [0.5, 0.6) is 0 Å². The predicted molar refractivity (Wildman–Crippen MR) is 97.3 cm³/mol. The van der Waals surface area contributed by atoms with Crippen LogP contribution in [0.1, 0.15) is 43.0 Å². The van der Waals surface area contributed by atoms with Crippen molar-refractivity contribution in [3.8, 4) is 0 Å². The summed E-state index contributed by atoms with van der Waals surface area (Å²) in [4.78, 5) is 36.3. The van der Waals surface area contributed by atoms with Crippen LogP contribution in [-0.2, 0) is 9.53 Å². The number of nitrogens with one attached hydrogen (secondary N) is 1. The summed E-state index contributed by atoms with van der Waals surface area (Å²) in [6, 6.07) is 4.22. The quantitative estimate of drug-likeness (QED) is 0.473. The lowest BCUT2D eigenvalue weighted by atomic mass is 9.87. The smallest absolute Gasteiger partial charge is 0.338 e. The summed E-state index contributed by atoms with van der Waals surface area (Å²) in [7, 11) is 3.35. The van der Waals surface area contributed by atoms with Gasteiger partial charge in [0.25, 0.3) is 11.6 Å². The fraction of sp³-hybridized carbons (Fsp3) is 0.556. The number of anilines is 1. The van der Waals surface area contributed by atoms with E-state index < -0.39 is 17.5 Å². The normalized spacial score (nSPS) is 19.5. The lowest BCUT2D eigenvalue weighted by molar-refractivity contribution is -0.384. The van der Waals surface area contributed by atoms with E-state index in [4.69, 9.17) is 4.74 Å². The Morgan fingerprint density at radius 2 is 1.92 bits per heavy atom. The number of hydrogen-bond acceptors (Lipinski definition) is 6. The third kappa shape index (κ3) is 5.18. The van der Waals surface area contributed by atoms with Gasteiger partial charge in [0.05, 0.1) is 10.5 Å². The molecule has 0 saturated heterocycles. The molecule has 1 aliphatic carbocycles. The highest BCUT2D eigenvalue weighted by molar-refractivity contribution is 5.93. The van der Waals surface area contributed by atoms with Crippen molar-refractivity contribution in [3.05, 3.63) is 33.9 Å². The molecule has 0 radical (unpaired) electrons. The van der Waals surface area contributed by atoms with Gasteiger partial charge < -0.3 is 15.0 Å². The molecule has 1 N–H and O–H groups in total. The number of esters is 1. The highest BCUT2D eigenvalue weighted by Crippen LogP contribution is 2.28. The van der Waals surface area contributed by atoms with E-state index in [0.29, 0.717) is 11.6 Å². The summed E-state index contributed by atoms with van der Waals surface area (Å²) in [6.45, 7) is 1.80. The average molecular weight is 363 g/mol. The minimum atomic E-state index is -0.758. The molecule has 142 valence electrons. The Morgan fingerprint density at radius 3 is 2.50 bits per heavy atom. The first kappa shape index (κ1) is 19.7. The zero-order valence-corrected chi connectivity index (χ0v) is 15.4. The number of ether oxygens (including phenoxy) is 1. The molecule has 1 aromatic carbocycles. The second kappa shape index (κ2) is 8.64. The first-order valence-corrected chi connectivity index (χ1v) is 8.70. The first-order chi connectivity index (χ1) is 12.3. The summed E-state index contributed by atoms with van der Waals surface area (Å²) >= 11 is 0. The number of benzene rings is 1. The minimum Gasteiger partial charge on any atom is -0.452 e. The van der Waals surface area contributed by atoms with Crippen molar-refractivity contribution in [3.63, 3.8) is 0 Å². The number of amides is 1. The average Bonchev–Trinajstić information content (AvgIpc) is 2.61. The van der Waals surface area contributed by atoms with Crippen molar-refractivity contribution in [2.45, 2.75) is 38.6 Å². The molecular weight excluding hydrogens is 338 g/mol. The monoisotopic (exact) mass is 363 g/mol. The maximum Gasteiger partial charge on any atom is 0.338 e. The van der Waals surface area contributed by atoms with Crippen LogP contribution in [0.4, 0.5) is 11.4 Å². The summed E-state index contributed by atoms with van der Waals surface area (Å²) < 4.78 is 5.00. The van der Waals surface area contributed by atoms with Gasteiger partial charge in [0, 0.05) is 26.2 Å². The number of nitrogens with zero attached hydrogens (tertiary/aromatic N) is 2. The van der Waals surface area contributed by atoms with Crippen molar-refractivity contribution in [1.82, 2.24) is 5.32 Å². The van der Waals surface area contributed by atoms with Crippen molar-refractivity contribution < 1.29 is 19.2 Å². The molecule has 1 amide bonds. The topological polar surface area (TPSA) is 102 Å². The Morgan fingerprint density at radius 1 is 1.27 bits per heavy atom. The van der Waals surface area contributed by atoms with Gasteiger partial charge in [0.15, 0.2) is 6.61 Å². The van der Waals surface area contributed by atoms with Gasteiger partial charge in [0.2, 0.25) is 0 Å². The van der Waals surface area contributed by atoms with Crippen LogP contribution in [0.15, 0.2) is 18.2 Å². The predicted octanol–water partition coefficient (Wildman–Crippen LogP) is 2.51. The summed E-state index contributed by atoms with van der Waals surface area (Å²) in [5.74, 6) is -0.426. The summed E-state index contributed by atoms with van der Waals surface area (Å²) in [5, 5.41) is 14.0. The van der Waals surface area contributed by atoms with E-state index in [9.17, 15) is 19.7 Å². The van der Waals surface area contributed by atoms with Gasteiger partial charge in [-0.05, 0) is 43.7 Å². The SMILES string of the molecule is CC1CCC(NC(=O)COC(=O)c2ccc(N(C)C)c([N+](=O)[O-])c2)CC1. The second-order valence-electron chi connectivity index (χ2n) is 6.96. The van der Waals surface area contributed by atoms with Gasteiger partial charge in [-0.1, -0.05) is 6.92 Å². The van der Waals surface area contributed by atoms with Crippen LogP contribution < -0.4 is 10.2 Å². The molecule has 2 rings (SSSR count). The van der Waals surface area contributed by atoms with Gasteiger partial charge in [-0.2, -0.15) is 0 Å². The minimum absolute atomic E-state index is 0.0431. The van der Waals surface area contributed by atoms with E-state index in [2.05, 4.69) is 12.2 Å². The molecule has 1 aliphatic rings. The lowest BCUT2D eigenvalue weighted by Gasteiger charge is -2.26. The molecule has 8 nitrogen and oxygen atoms in total. The molecule has 0 atom stereocenters. The van der Waals surface area contributed by atoms with Crippen molar-refractivity contribution >= 4 is 23.3 Å². The molecule has 8 heteroatoms. The van der Waals surface area contributed by atoms with Crippen LogP contribution in [0.2, 0.25) is 0 Å². The number of nitro benzene ring substituents is 1. The Labute approximate surface area is 152 Å². The van der Waals surface area contributed by atoms with Crippen molar-refractivity contribution in [2.24, 2.45) is 5.92 Å². The van der Waals surface area contributed by atoms with Crippen LogP contribution in [0.3, 0.4) is 0 Å². The van der Waals surface area contributed by atoms with E-state index >= 15 is 0 Å². The van der Waals surface area contributed by atoms with Gasteiger partial charge >= 0.3 is 5.97 Å². The largest absolute Gasteiger partial charge is 0.452 e. The number of rotatable bonds is 6. The molecule has 0 heterocycles. The molecule has 1 saturated carbocycles. The molecule has 0 unspecified atom stereocenters. The van der Waals surface area contributed by atoms with Crippen LogP contribution >= 0.6 is 0 Å². The highest BCUT2D eigenvalue weighted by atomic mass is 16.6. The number of carbonyl (C=O) groups excluding carboxylic acids is 2. The molecule has 1 fully saturated rings. The van der Waals surface area contributed by atoms with Gasteiger partial charge in [0.1, 0.15) is 5.69 Å². The maximum atomic E-state index is 12.1. The fourth-order valence-electron chi connectivity index (χ4n) is 3.06. The van der Waals surface area contributed by atoms with E-state index in [1.165, 1.54) is 12.1 Å². The Kier molecular flexibility index (Phi) is 6.54. The lowest BCUT2D eigenvalue weighted by Crippen LogP contribution is -2.39. The van der Waals surface area contributed by atoms with Crippen molar-refractivity contribution in [1.29, 1.82) is 0 Å². The van der Waals surface area contributed by atoms with Crippen LogP contribution in [-0.4, -0.2) is 43.5 Å². The fourth-order valence-corrected chi connectivity index (χ4v) is 3.06. The molecule has 0 spiro atoms. The number of carbonyl (C=O) groups is 2. The first-order valence-electron chi connectivity index (χ1n) is 8.70. The molecule has 1 aromatic rings. The van der Waals surface area contributed by atoms with E-state index in [1.54, 1.807) is 19.0 Å². The zero-order chi connectivity index (χ0) is 19.3. The Hall–Kier alpha value is -2.64. The molecule has 0 bridgehead atoms. The second-order valence-corrected chi connectivity index (χ2v) is 6.96. The van der Waals surface area contributed by atoms with Crippen molar-refractivity contribution in [2.75, 3.05) is 25.6 Å². The standard InChI is InChI=1S/C18H25N3O5/c1-12-4-7-14(8-5-12)19-17(22)11-26-18(23)13-6-9-15(20(2)3)16(10-13)21(24)25/h6,9-10,12,14H,4-5,7-8,11H2,1-3H3,(H,19,22).